The second kappa shape index (κ2) is 8.15. The first-order chi connectivity index (χ1) is 13.5. The first kappa shape index (κ1) is 19.9. The summed E-state index contributed by atoms with van der Waals surface area (Å²) in [6.45, 7) is 3.17. The molecule has 28 heavy (non-hydrogen) atoms. The summed E-state index contributed by atoms with van der Waals surface area (Å²) in [7, 11) is -3.66. The van der Waals surface area contributed by atoms with Crippen molar-refractivity contribution in [1.29, 1.82) is 0 Å². The van der Waals surface area contributed by atoms with Crippen molar-refractivity contribution in [3.05, 3.63) is 29.8 Å². The van der Waals surface area contributed by atoms with Gasteiger partial charge in [0.25, 0.3) is 0 Å². The average molecular weight is 405 g/mol. The van der Waals surface area contributed by atoms with Gasteiger partial charge in [0.2, 0.25) is 15.9 Å². The fourth-order valence-corrected chi connectivity index (χ4v) is 7.03. The molecule has 154 valence electrons. The maximum Gasteiger partial charge on any atom is 0.243 e. The van der Waals surface area contributed by atoms with Gasteiger partial charge >= 0.3 is 0 Å². The van der Waals surface area contributed by atoms with Crippen molar-refractivity contribution in [2.24, 2.45) is 5.92 Å². The van der Waals surface area contributed by atoms with Crippen LogP contribution in [0.15, 0.2) is 29.2 Å². The molecule has 1 aromatic rings. The molecule has 1 aliphatic carbocycles. The van der Waals surface area contributed by atoms with Gasteiger partial charge in [-0.25, -0.2) is 8.42 Å². The molecule has 3 atom stereocenters. The first-order valence-corrected chi connectivity index (χ1v) is 12.3. The van der Waals surface area contributed by atoms with Crippen molar-refractivity contribution < 1.29 is 13.2 Å². The number of fused-ring (bicyclic) bond motifs is 1. The lowest BCUT2D eigenvalue weighted by Crippen LogP contribution is -2.58. The molecule has 1 saturated carbocycles. The Labute approximate surface area is 169 Å². The Bertz CT molecular complexity index is 804. The number of likely N-dealkylation sites (tertiary alicyclic amines) is 1. The van der Waals surface area contributed by atoms with Crippen LogP contribution in [0.2, 0.25) is 0 Å². The van der Waals surface area contributed by atoms with Gasteiger partial charge in [-0.15, -0.1) is 0 Å². The van der Waals surface area contributed by atoms with Gasteiger partial charge in [0.15, 0.2) is 0 Å². The van der Waals surface area contributed by atoms with E-state index in [2.05, 4.69) is 4.90 Å². The maximum atomic E-state index is 13.6. The van der Waals surface area contributed by atoms with E-state index >= 15 is 0 Å². The number of carbonyl (C=O) groups excluding carboxylic acids is 1. The van der Waals surface area contributed by atoms with Crippen molar-refractivity contribution in [3.8, 4) is 0 Å². The van der Waals surface area contributed by atoms with Crippen LogP contribution in [-0.4, -0.2) is 48.7 Å². The summed E-state index contributed by atoms with van der Waals surface area (Å²) in [5.41, 5.74) is 1.03. The number of piperidine rings is 2. The number of sulfonamides is 1. The van der Waals surface area contributed by atoms with Crippen LogP contribution in [0.1, 0.15) is 63.4 Å². The van der Waals surface area contributed by atoms with Gasteiger partial charge in [-0.3, -0.25) is 4.79 Å². The van der Waals surface area contributed by atoms with E-state index in [1.807, 2.05) is 19.1 Å². The molecule has 3 aliphatic rings. The van der Waals surface area contributed by atoms with Gasteiger partial charge in [0.1, 0.15) is 6.04 Å². The lowest BCUT2D eigenvalue weighted by atomic mass is 9.78. The van der Waals surface area contributed by atoms with Crippen LogP contribution < -0.4 is 0 Å². The Balaban J connectivity index is 1.59. The molecule has 1 aromatic carbocycles. The summed E-state index contributed by atoms with van der Waals surface area (Å²) in [5, 5.41) is 0. The molecule has 4 rings (SSSR count). The molecular weight excluding hydrogens is 372 g/mol. The van der Waals surface area contributed by atoms with Gasteiger partial charge in [-0.1, -0.05) is 37.0 Å². The summed E-state index contributed by atoms with van der Waals surface area (Å²) in [4.78, 5) is 15.9. The van der Waals surface area contributed by atoms with Gasteiger partial charge < -0.3 is 4.90 Å². The van der Waals surface area contributed by atoms with E-state index in [4.69, 9.17) is 0 Å². The minimum atomic E-state index is -3.66. The monoisotopic (exact) mass is 404 g/mol. The van der Waals surface area contributed by atoms with Crippen LogP contribution in [0.3, 0.4) is 0 Å². The number of nitrogens with zero attached hydrogens (tertiary/aromatic N) is 2. The van der Waals surface area contributed by atoms with Crippen LogP contribution in [0.5, 0.6) is 0 Å². The Morgan fingerprint density at radius 1 is 0.893 bits per heavy atom. The average Bonchev–Trinajstić information content (AvgIpc) is 2.73. The van der Waals surface area contributed by atoms with Gasteiger partial charge in [0.05, 0.1) is 4.90 Å². The second-order valence-electron chi connectivity index (χ2n) is 8.73. The molecule has 0 spiro atoms. The first-order valence-electron chi connectivity index (χ1n) is 10.9. The summed E-state index contributed by atoms with van der Waals surface area (Å²) in [5.74, 6) is 0.657. The SMILES string of the molecule is Cc1ccc(S(=O)(=O)N2CCCC[C@@H]2C(=O)N2CCC[C@H]3CCCC[C@H]32)cc1. The fraction of sp³-hybridized carbons (Fsp3) is 0.682. The molecule has 1 amide bonds. The Morgan fingerprint density at radius 2 is 1.57 bits per heavy atom. The highest BCUT2D eigenvalue weighted by molar-refractivity contribution is 7.89. The third-order valence-electron chi connectivity index (χ3n) is 6.89. The normalized spacial score (nSPS) is 29.3. The molecule has 2 heterocycles. The number of aryl methyl sites for hydroxylation is 1. The fourth-order valence-electron chi connectivity index (χ4n) is 5.37. The van der Waals surface area contributed by atoms with Crippen LogP contribution in [0, 0.1) is 12.8 Å². The van der Waals surface area contributed by atoms with Crippen LogP contribution >= 0.6 is 0 Å². The van der Waals surface area contributed by atoms with Crippen molar-refractivity contribution >= 4 is 15.9 Å². The van der Waals surface area contributed by atoms with Crippen LogP contribution in [0.4, 0.5) is 0 Å². The van der Waals surface area contributed by atoms with E-state index in [9.17, 15) is 13.2 Å². The predicted molar refractivity (Wildman–Crippen MR) is 109 cm³/mol. The van der Waals surface area contributed by atoms with E-state index < -0.39 is 16.1 Å². The molecule has 3 fully saturated rings. The maximum absolute atomic E-state index is 13.6. The largest absolute Gasteiger partial charge is 0.338 e. The van der Waals surface area contributed by atoms with Crippen LogP contribution in [-0.2, 0) is 14.8 Å². The van der Waals surface area contributed by atoms with Gasteiger partial charge in [-0.05, 0) is 63.5 Å². The van der Waals surface area contributed by atoms with E-state index in [1.54, 1.807) is 12.1 Å². The zero-order valence-electron chi connectivity index (χ0n) is 16.8. The summed E-state index contributed by atoms with van der Waals surface area (Å²) in [6, 6.07) is 6.76. The number of hydrogen-bond acceptors (Lipinski definition) is 3. The minimum Gasteiger partial charge on any atom is -0.338 e. The van der Waals surface area contributed by atoms with E-state index in [-0.39, 0.29) is 5.91 Å². The molecule has 5 nitrogen and oxygen atoms in total. The van der Waals surface area contributed by atoms with E-state index in [0.29, 0.717) is 29.8 Å². The second-order valence-corrected chi connectivity index (χ2v) is 10.6. The summed E-state index contributed by atoms with van der Waals surface area (Å²) < 4.78 is 28.2. The third kappa shape index (κ3) is 3.73. The molecule has 0 bridgehead atoms. The molecule has 0 aromatic heterocycles. The number of rotatable bonds is 3. The number of carbonyl (C=O) groups is 1. The highest BCUT2D eigenvalue weighted by Crippen LogP contribution is 2.37. The number of benzene rings is 1. The summed E-state index contributed by atoms with van der Waals surface area (Å²) in [6.07, 6.45) is 9.37. The third-order valence-corrected chi connectivity index (χ3v) is 8.82. The Kier molecular flexibility index (Phi) is 5.79. The van der Waals surface area contributed by atoms with Crippen molar-refractivity contribution in [2.75, 3.05) is 13.1 Å². The zero-order valence-corrected chi connectivity index (χ0v) is 17.7. The lowest BCUT2D eigenvalue weighted by molar-refractivity contribution is -0.142. The molecule has 2 aliphatic heterocycles. The van der Waals surface area contributed by atoms with Crippen molar-refractivity contribution in [1.82, 2.24) is 9.21 Å². The molecule has 6 heteroatoms. The molecular formula is C22H32N2O3S. The zero-order chi connectivity index (χ0) is 19.7. The standard InChI is InChI=1S/C22H32N2O3S/c1-17-11-13-19(14-12-17)28(26,27)24-16-5-4-10-21(24)22(25)23-15-6-8-18-7-2-3-9-20(18)23/h11-14,18,20-21H,2-10,15-16H2,1H3/t18-,20-,21-/m1/s1. The summed E-state index contributed by atoms with van der Waals surface area (Å²) >= 11 is 0. The Morgan fingerprint density at radius 3 is 2.36 bits per heavy atom. The molecule has 2 saturated heterocycles. The smallest absolute Gasteiger partial charge is 0.243 e. The van der Waals surface area contributed by atoms with Gasteiger partial charge in [-0.2, -0.15) is 4.31 Å². The minimum absolute atomic E-state index is 0.0481. The number of amides is 1. The lowest BCUT2D eigenvalue weighted by Gasteiger charge is -2.46. The highest BCUT2D eigenvalue weighted by atomic mass is 32.2. The number of hydrogen-bond donors (Lipinski definition) is 0. The van der Waals surface area contributed by atoms with E-state index in [0.717, 1.165) is 37.8 Å². The predicted octanol–water partition coefficient (Wildman–Crippen LogP) is 3.72. The van der Waals surface area contributed by atoms with E-state index in [1.165, 1.54) is 30.0 Å². The topological polar surface area (TPSA) is 57.7 Å². The van der Waals surface area contributed by atoms with Crippen molar-refractivity contribution in [2.45, 2.75) is 81.7 Å². The van der Waals surface area contributed by atoms with Crippen molar-refractivity contribution in [3.63, 3.8) is 0 Å². The molecule has 0 N–H and O–H groups in total. The molecule has 0 radical (unpaired) electrons. The Hall–Kier alpha value is -1.40. The quantitative estimate of drug-likeness (QED) is 0.771. The highest BCUT2D eigenvalue weighted by Gasteiger charge is 2.43. The van der Waals surface area contributed by atoms with Gasteiger partial charge in [0, 0.05) is 19.1 Å². The molecule has 0 unspecified atom stereocenters. The van der Waals surface area contributed by atoms with Crippen LogP contribution in [0.25, 0.3) is 0 Å².